The maximum atomic E-state index is 12.5. The first kappa shape index (κ1) is 17.5. The fraction of sp³-hybridized carbons (Fsp3) is 0.654. The van der Waals surface area contributed by atoms with Gasteiger partial charge in [-0.05, 0) is 86.0 Å². The van der Waals surface area contributed by atoms with Gasteiger partial charge in [0, 0.05) is 23.3 Å². The standard InChI is InChI=1S/C26H32O/c1-26-16-15-22-21-11-9-19(8-7-18-5-3-2-4-6-18)17-20(21)10-12-23(22)24(26)13-14-25(26)27/h9,11,17-18,22-24H,2-6,10,12-16H2,1H3/t22-,23-,24+,26+/m1/s1. The topological polar surface area (TPSA) is 17.1 Å². The first-order valence-electron chi connectivity index (χ1n) is 11.3. The number of hydrogen-bond donors (Lipinski definition) is 0. The third-order valence-corrected chi connectivity index (χ3v) is 8.46. The van der Waals surface area contributed by atoms with E-state index >= 15 is 0 Å². The molecule has 0 radical (unpaired) electrons. The Hall–Kier alpha value is -1.55. The van der Waals surface area contributed by atoms with Gasteiger partial charge in [0.25, 0.3) is 0 Å². The Kier molecular flexibility index (Phi) is 4.42. The lowest BCUT2D eigenvalue weighted by atomic mass is 9.55. The smallest absolute Gasteiger partial charge is 0.139 e. The van der Waals surface area contributed by atoms with Gasteiger partial charge in [0.2, 0.25) is 0 Å². The van der Waals surface area contributed by atoms with Crippen molar-refractivity contribution < 1.29 is 4.79 Å². The predicted octanol–water partition coefficient (Wildman–Crippen LogP) is 6.04. The Morgan fingerprint density at radius 3 is 2.70 bits per heavy atom. The maximum absolute atomic E-state index is 12.5. The highest BCUT2D eigenvalue weighted by Crippen LogP contribution is 2.59. The molecule has 1 aromatic rings. The Morgan fingerprint density at radius 2 is 1.85 bits per heavy atom. The summed E-state index contributed by atoms with van der Waals surface area (Å²) >= 11 is 0. The molecule has 3 fully saturated rings. The number of rotatable bonds is 0. The quantitative estimate of drug-likeness (QED) is 0.515. The van der Waals surface area contributed by atoms with Gasteiger partial charge < -0.3 is 0 Å². The van der Waals surface area contributed by atoms with E-state index in [0.717, 1.165) is 25.2 Å². The third kappa shape index (κ3) is 2.97. The van der Waals surface area contributed by atoms with Crippen molar-refractivity contribution in [2.75, 3.05) is 0 Å². The summed E-state index contributed by atoms with van der Waals surface area (Å²) in [6, 6.07) is 7.04. The average molecular weight is 361 g/mol. The molecule has 0 unspecified atom stereocenters. The van der Waals surface area contributed by atoms with Crippen molar-refractivity contribution in [2.45, 2.75) is 83.5 Å². The van der Waals surface area contributed by atoms with Crippen molar-refractivity contribution in [3.05, 3.63) is 34.9 Å². The number of fused-ring (bicyclic) bond motifs is 5. The van der Waals surface area contributed by atoms with Gasteiger partial charge in [-0.2, -0.15) is 0 Å². The number of hydrogen-bond acceptors (Lipinski definition) is 1. The molecule has 4 aliphatic rings. The highest BCUT2D eigenvalue weighted by Gasteiger charge is 2.54. The second-order valence-corrected chi connectivity index (χ2v) is 9.85. The second-order valence-electron chi connectivity index (χ2n) is 9.85. The van der Waals surface area contributed by atoms with E-state index in [2.05, 4.69) is 37.0 Å². The monoisotopic (exact) mass is 360 g/mol. The van der Waals surface area contributed by atoms with Gasteiger partial charge in [-0.1, -0.05) is 44.1 Å². The summed E-state index contributed by atoms with van der Waals surface area (Å²) in [6.07, 6.45) is 13.4. The normalized spacial score (nSPS) is 35.6. The van der Waals surface area contributed by atoms with E-state index < -0.39 is 0 Å². The van der Waals surface area contributed by atoms with E-state index in [4.69, 9.17) is 0 Å². The van der Waals surface area contributed by atoms with Crippen LogP contribution in [-0.4, -0.2) is 5.78 Å². The van der Waals surface area contributed by atoms with Crippen molar-refractivity contribution in [1.29, 1.82) is 0 Å². The Morgan fingerprint density at radius 1 is 1.00 bits per heavy atom. The van der Waals surface area contributed by atoms with Crippen LogP contribution >= 0.6 is 0 Å². The minimum Gasteiger partial charge on any atom is -0.299 e. The molecule has 1 nitrogen and oxygen atoms in total. The largest absolute Gasteiger partial charge is 0.299 e. The van der Waals surface area contributed by atoms with Gasteiger partial charge >= 0.3 is 0 Å². The van der Waals surface area contributed by atoms with Crippen LogP contribution in [0.4, 0.5) is 0 Å². The summed E-state index contributed by atoms with van der Waals surface area (Å²) in [4.78, 5) is 12.5. The molecule has 0 amide bonds. The molecule has 4 aliphatic carbocycles. The summed E-state index contributed by atoms with van der Waals surface area (Å²) in [5.41, 5.74) is 4.33. The minimum atomic E-state index is -0.00984. The van der Waals surface area contributed by atoms with Crippen LogP contribution in [0, 0.1) is 35.0 Å². The van der Waals surface area contributed by atoms with Gasteiger partial charge in [0.15, 0.2) is 0 Å². The average Bonchev–Trinajstić information content (AvgIpc) is 3.01. The van der Waals surface area contributed by atoms with E-state index in [1.807, 2.05) is 0 Å². The Balaban J connectivity index is 1.38. The Labute approximate surface area is 164 Å². The van der Waals surface area contributed by atoms with Crippen molar-refractivity contribution in [3.8, 4) is 11.8 Å². The zero-order chi connectivity index (χ0) is 18.4. The molecule has 5 rings (SSSR count). The van der Waals surface area contributed by atoms with Gasteiger partial charge in [0.05, 0.1) is 0 Å². The first-order valence-corrected chi connectivity index (χ1v) is 11.3. The maximum Gasteiger partial charge on any atom is 0.139 e. The molecular formula is C26H32O. The van der Waals surface area contributed by atoms with Gasteiger partial charge in [-0.15, -0.1) is 0 Å². The molecule has 0 aromatic heterocycles. The molecule has 4 atom stereocenters. The summed E-state index contributed by atoms with van der Waals surface area (Å²) in [5, 5.41) is 0. The lowest BCUT2D eigenvalue weighted by Crippen LogP contribution is -2.42. The number of ketones is 1. The zero-order valence-electron chi connectivity index (χ0n) is 16.7. The summed E-state index contributed by atoms with van der Waals surface area (Å²) in [5.74, 6) is 10.2. The van der Waals surface area contributed by atoms with Crippen LogP contribution < -0.4 is 0 Å². The van der Waals surface area contributed by atoms with E-state index in [1.54, 1.807) is 11.1 Å². The SMILES string of the molecule is C[C@]12CC[C@@H]3c4ccc(C#CC5CCCCC5)cc4CC[C@H]3[C@@H]1CCC2=O. The van der Waals surface area contributed by atoms with Crippen LogP contribution in [0.15, 0.2) is 18.2 Å². The van der Waals surface area contributed by atoms with Crippen molar-refractivity contribution in [3.63, 3.8) is 0 Å². The third-order valence-electron chi connectivity index (χ3n) is 8.46. The minimum absolute atomic E-state index is 0.00984. The summed E-state index contributed by atoms with van der Waals surface area (Å²) < 4.78 is 0. The van der Waals surface area contributed by atoms with Crippen LogP contribution in [0.5, 0.6) is 0 Å². The molecule has 1 aromatic carbocycles. The molecule has 0 N–H and O–H groups in total. The van der Waals surface area contributed by atoms with Gasteiger partial charge in [-0.25, -0.2) is 0 Å². The molecule has 0 aliphatic heterocycles. The van der Waals surface area contributed by atoms with Crippen LogP contribution in [0.25, 0.3) is 0 Å². The number of Topliss-reactive ketones (excluding diaryl/α,β-unsaturated/α-hetero) is 1. The molecule has 1 heteroatoms. The molecule has 0 heterocycles. The highest BCUT2D eigenvalue weighted by atomic mass is 16.1. The number of benzene rings is 1. The molecular weight excluding hydrogens is 328 g/mol. The van der Waals surface area contributed by atoms with E-state index in [-0.39, 0.29) is 5.41 Å². The summed E-state index contributed by atoms with van der Waals surface area (Å²) in [7, 11) is 0. The molecule has 142 valence electrons. The molecule has 3 saturated carbocycles. The Bertz CT molecular complexity index is 803. The molecule has 0 spiro atoms. The second kappa shape index (κ2) is 6.80. The van der Waals surface area contributed by atoms with Crippen LogP contribution in [-0.2, 0) is 11.2 Å². The van der Waals surface area contributed by atoms with Crippen LogP contribution in [0.2, 0.25) is 0 Å². The van der Waals surface area contributed by atoms with Gasteiger partial charge in [-0.3, -0.25) is 4.79 Å². The predicted molar refractivity (Wildman–Crippen MR) is 110 cm³/mol. The highest BCUT2D eigenvalue weighted by molar-refractivity contribution is 5.87. The fourth-order valence-corrected chi connectivity index (χ4v) is 6.86. The number of carbonyl (C=O) groups is 1. The van der Waals surface area contributed by atoms with E-state index in [0.29, 0.717) is 23.5 Å². The van der Waals surface area contributed by atoms with Crippen molar-refractivity contribution in [1.82, 2.24) is 0 Å². The lowest BCUT2D eigenvalue weighted by molar-refractivity contribution is -0.129. The first-order chi connectivity index (χ1) is 13.1. The molecule has 0 saturated heterocycles. The lowest BCUT2D eigenvalue weighted by Gasteiger charge is -2.48. The number of aryl methyl sites for hydroxylation is 1. The molecule has 27 heavy (non-hydrogen) atoms. The van der Waals surface area contributed by atoms with Crippen LogP contribution in [0.1, 0.15) is 93.7 Å². The summed E-state index contributed by atoms with van der Waals surface area (Å²) in [6.45, 7) is 2.27. The van der Waals surface area contributed by atoms with Gasteiger partial charge in [0.1, 0.15) is 5.78 Å². The molecule has 0 bridgehead atoms. The number of carbonyl (C=O) groups excluding carboxylic acids is 1. The fourth-order valence-electron chi connectivity index (χ4n) is 6.86. The van der Waals surface area contributed by atoms with E-state index in [1.165, 1.54) is 56.9 Å². The van der Waals surface area contributed by atoms with E-state index in [9.17, 15) is 4.79 Å². The van der Waals surface area contributed by atoms with Crippen molar-refractivity contribution >= 4 is 5.78 Å². The van der Waals surface area contributed by atoms with Crippen molar-refractivity contribution in [2.24, 2.45) is 23.2 Å². The zero-order valence-corrected chi connectivity index (χ0v) is 16.7. The van der Waals surface area contributed by atoms with Crippen LogP contribution in [0.3, 0.4) is 0 Å².